The van der Waals surface area contributed by atoms with E-state index in [1.54, 1.807) is 12.3 Å². The lowest BCUT2D eigenvalue weighted by Crippen LogP contribution is -1.95. The van der Waals surface area contributed by atoms with Crippen LogP contribution >= 0.6 is 0 Å². The number of Topliss-reactive ketones (excluding diaryl/α,β-unsaturated/α-hetero) is 1. The standard InChI is InChI=1S/C16H13NO2/c1-10(18)13-7-12(17)8-14-15(9-19-16(13)14)11-5-3-2-4-6-11/h2-9H,17H2,1H3. The van der Waals surface area contributed by atoms with E-state index in [2.05, 4.69) is 0 Å². The second-order valence-corrected chi connectivity index (χ2v) is 4.52. The summed E-state index contributed by atoms with van der Waals surface area (Å²) in [6.07, 6.45) is 1.67. The third kappa shape index (κ3) is 1.89. The molecule has 0 spiro atoms. The number of carbonyl (C=O) groups is 1. The molecular formula is C16H13NO2. The summed E-state index contributed by atoms with van der Waals surface area (Å²) in [5, 5.41) is 0.872. The molecule has 1 aromatic heterocycles. The third-order valence-corrected chi connectivity index (χ3v) is 3.16. The highest BCUT2D eigenvalue weighted by atomic mass is 16.3. The fourth-order valence-electron chi connectivity index (χ4n) is 2.26. The van der Waals surface area contributed by atoms with Gasteiger partial charge in [0, 0.05) is 16.6 Å². The molecule has 0 saturated heterocycles. The second-order valence-electron chi connectivity index (χ2n) is 4.52. The van der Waals surface area contributed by atoms with Crippen LogP contribution in [-0.4, -0.2) is 5.78 Å². The van der Waals surface area contributed by atoms with Gasteiger partial charge in [-0.2, -0.15) is 0 Å². The Labute approximate surface area is 110 Å². The van der Waals surface area contributed by atoms with Gasteiger partial charge in [-0.15, -0.1) is 0 Å². The molecule has 0 unspecified atom stereocenters. The first-order chi connectivity index (χ1) is 9.16. The average molecular weight is 251 g/mol. The van der Waals surface area contributed by atoms with E-state index in [1.807, 2.05) is 36.4 Å². The van der Waals surface area contributed by atoms with Crippen LogP contribution in [0.1, 0.15) is 17.3 Å². The monoisotopic (exact) mass is 251 g/mol. The number of ketones is 1. The van der Waals surface area contributed by atoms with E-state index in [-0.39, 0.29) is 5.78 Å². The molecule has 0 atom stereocenters. The lowest BCUT2D eigenvalue weighted by Gasteiger charge is -2.02. The molecule has 0 saturated carbocycles. The Balaban J connectivity index is 2.32. The number of nitrogen functional groups attached to an aromatic ring is 1. The minimum Gasteiger partial charge on any atom is -0.463 e. The van der Waals surface area contributed by atoms with E-state index in [9.17, 15) is 4.79 Å². The van der Waals surface area contributed by atoms with Crippen molar-refractivity contribution >= 4 is 22.4 Å². The Morgan fingerprint density at radius 1 is 1.16 bits per heavy atom. The summed E-state index contributed by atoms with van der Waals surface area (Å²) in [4.78, 5) is 11.6. The topological polar surface area (TPSA) is 56.2 Å². The molecule has 0 aliphatic carbocycles. The zero-order chi connectivity index (χ0) is 13.4. The highest BCUT2D eigenvalue weighted by Gasteiger charge is 2.14. The summed E-state index contributed by atoms with van der Waals surface area (Å²) in [6, 6.07) is 13.4. The first-order valence-corrected chi connectivity index (χ1v) is 6.04. The SMILES string of the molecule is CC(=O)c1cc(N)cc2c(-c3ccccc3)coc12. The first kappa shape index (κ1) is 11.5. The van der Waals surface area contributed by atoms with Crippen LogP contribution in [0.15, 0.2) is 53.1 Å². The van der Waals surface area contributed by atoms with Crippen molar-refractivity contribution in [2.75, 3.05) is 5.73 Å². The van der Waals surface area contributed by atoms with Gasteiger partial charge in [-0.25, -0.2) is 0 Å². The van der Waals surface area contributed by atoms with Crippen molar-refractivity contribution in [2.24, 2.45) is 0 Å². The molecule has 0 bridgehead atoms. The van der Waals surface area contributed by atoms with Crippen LogP contribution in [0.25, 0.3) is 22.1 Å². The maximum atomic E-state index is 11.6. The van der Waals surface area contributed by atoms with Crippen molar-refractivity contribution < 1.29 is 9.21 Å². The summed E-state index contributed by atoms with van der Waals surface area (Å²) in [6.45, 7) is 1.51. The van der Waals surface area contributed by atoms with E-state index in [4.69, 9.17) is 10.2 Å². The molecule has 0 amide bonds. The van der Waals surface area contributed by atoms with E-state index < -0.39 is 0 Å². The molecule has 3 heteroatoms. The van der Waals surface area contributed by atoms with Gasteiger partial charge in [0.25, 0.3) is 0 Å². The molecule has 94 valence electrons. The number of furan rings is 1. The highest BCUT2D eigenvalue weighted by molar-refractivity contribution is 6.09. The summed E-state index contributed by atoms with van der Waals surface area (Å²) in [5.74, 6) is -0.0498. The Kier molecular flexibility index (Phi) is 2.60. The lowest BCUT2D eigenvalue weighted by molar-refractivity contribution is 0.101. The van der Waals surface area contributed by atoms with Gasteiger partial charge in [-0.1, -0.05) is 30.3 Å². The number of anilines is 1. The first-order valence-electron chi connectivity index (χ1n) is 6.04. The van der Waals surface area contributed by atoms with Gasteiger partial charge in [-0.3, -0.25) is 4.79 Å². The molecule has 0 aliphatic rings. The van der Waals surface area contributed by atoms with Gasteiger partial charge in [0.05, 0.1) is 11.8 Å². The van der Waals surface area contributed by atoms with Crippen molar-refractivity contribution in [1.29, 1.82) is 0 Å². The number of benzene rings is 2. The maximum Gasteiger partial charge on any atom is 0.163 e. The van der Waals surface area contributed by atoms with Crippen LogP contribution in [0.3, 0.4) is 0 Å². The molecule has 1 heterocycles. The number of carbonyl (C=O) groups excluding carboxylic acids is 1. The van der Waals surface area contributed by atoms with Gasteiger partial charge >= 0.3 is 0 Å². The largest absolute Gasteiger partial charge is 0.463 e. The Bertz CT molecular complexity index is 757. The second kappa shape index (κ2) is 4.28. The van der Waals surface area contributed by atoms with Crippen LogP contribution in [-0.2, 0) is 0 Å². The molecule has 3 rings (SSSR count). The molecule has 0 aliphatic heterocycles. The number of hydrogen-bond donors (Lipinski definition) is 1. The lowest BCUT2D eigenvalue weighted by atomic mass is 10.0. The van der Waals surface area contributed by atoms with Crippen LogP contribution in [0.2, 0.25) is 0 Å². The minimum atomic E-state index is -0.0498. The molecular weight excluding hydrogens is 238 g/mol. The van der Waals surface area contributed by atoms with E-state index in [0.717, 1.165) is 16.5 Å². The Morgan fingerprint density at radius 2 is 1.89 bits per heavy atom. The van der Waals surface area contributed by atoms with Gasteiger partial charge in [0.15, 0.2) is 5.78 Å². The van der Waals surface area contributed by atoms with E-state index >= 15 is 0 Å². The average Bonchev–Trinajstić information content (AvgIpc) is 2.82. The predicted octanol–water partition coefficient (Wildman–Crippen LogP) is 3.88. The minimum absolute atomic E-state index is 0.0498. The molecule has 3 aromatic rings. The number of rotatable bonds is 2. The zero-order valence-corrected chi connectivity index (χ0v) is 10.5. The summed E-state index contributed by atoms with van der Waals surface area (Å²) in [7, 11) is 0. The number of hydrogen-bond acceptors (Lipinski definition) is 3. The van der Waals surface area contributed by atoms with Crippen molar-refractivity contribution in [3.63, 3.8) is 0 Å². The summed E-state index contributed by atoms with van der Waals surface area (Å²) < 4.78 is 5.57. The van der Waals surface area contributed by atoms with Crippen LogP contribution < -0.4 is 5.73 Å². The van der Waals surface area contributed by atoms with Crippen LogP contribution in [0.5, 0.6) is 0 Å². The van der Waals surface area contributed by atoms with Crippen molar-refractivity contribution in [3.8, 4) is 11.1 Å². The van der Waals surface area contributed by atoms with Gasteiger partial charge in [0.2, 0.25) is 0 Å². The quantitative estimate of drug-likeness (QED) is 0.555. The molecule has 3 nitrogen and oxygen atoms in total. The molecule has 2 N–H and O–H groups in total. The van der Waals surface area contributed by atoms with Crippen LogP contribution in [0.4, 0.5) is 5.69 Å². The summed E-state index contributed by atoms with van der Waals surface area (Å²) in [5.41, 5.74) is 9.56. The molecule has 19 heavy (non-hydrogen) atoms. The van der Waals surface area contributed by atoms with Crippen molar-refractivity contribution in [3.05, 3.63) is 54.3 Å². The van der Waals surface area contributed by atoms with Gasteiger partial charge in [0.1, 0.15) is 5.58 Å². The van der Waals surface area contributed by atoms with Crippen LogP contribution in [0, 0.1) is 0 Å². The molecule has 0 radical (unpaired) electrons. The summed E-state index contributed by atoms with van der Waals surface area (Å²) >= 11 is 0. The fourth-order valence-corrected chi connectivity index (χ4v) is 2.26. The molecule has 0 fully saturated rings. The van der Waals surface area contributed by atoms with E-state index in [1.165, 1.54) is 6.92 Å². The third-order valence-electron chi connectivity index (χ3n) is 3.16. The van der Waals surface area contributed by atoms with Gasteiger partial charge in [-0.05, 0) is 24.6 Å². The predicted molar refractivity (Wildman–Crippen MR) is 76.1 cm³/mol. The maximum absolute atomic E-state index is 11.6. The van der Waals surface area contributed by atoms with E-state index in [0.29, 0.717) is 16.8 Å². The smallest absolute Gasteiger partial charge is 0.163 e. The molecule has 2 aromatic carbocycles. The number of nitrogens with two attached hydrogens (primary N) is 1. The zero-order valence-electron chi connectivity index (χ0n) is 10.5. The number of fused-ring (bicyclic) bond motifs is 1. The Morgan fingerprint density at radius 3 is 2.58 bits per heavy atom. The Hall–Kier alpha value is -2.55. The fraction of sp³-hybridized carbons (Fsp3) is 0.0625. The normalized spacial score (nSPS) is 10.8. The van der Waals surface area contributed by atoms with Crippen molar-refractivity contribution in [1.82, 2.24) is 0 Å². The highest BCUT2D eigenvalue weighted by Crippen LogP contribution is 2.34. The van der Waals surface area contributed by atoms with Gasteiger partial charge < -0.3 is 10.2 Å². The van der Waals surface area contributed by atoms with Crippen molar-refractivity contribution in [2.45, 2.75) is 6.92 Å².